The molecule has 1 aliphatic rings. The molecule has 37 heavy (non-hydrogen) atoms. The Hall–Kier alpha value is -2.67. The second-order valence-electron chi connectivity index (χ2n) is 8.44. The van der Waals surface area contributed by atoms with Gasteiger partial charge in [0.25, 0.3) is 10.9 Å². The Morgan fingerprint density at radius 1 is 1.22 bits per heavy atom. The molecule has 7 nitrogen and oxygen atoms in total. The van der Waals surface area contributed by atoms with Crippen molar-refractivity contribution in [3.63, 3.8) is 0 Å². The van der Waals surface area contributed by atoms with Crippen LogP contribution in [0, 0.1) is 5.82 Å². The Labute approximate surface area is 228 Å². The van der Waals surface area contributed by atoms with Gasteiger partial charge in [-0.05, 0) is 45.8 Å². The standard InChI is InChI=1S/C24H18BrClF2N4O3S2/c25-19-6-5-16(10-20(19)26)22(33)31-7-8-37(34,35)24(28,14-31)23-29-12-18(36-23)9-15-3-1-2-4-21(15)32-13-17(27)11-30-32/h1-6,10-13H,7-9,14H2. The van der Waals surface area contributed by atoms with Gasteiger partial charge < -0.3 is 4.90 Å². The van der Waals surface area contributed by atoms with Crippen molar-refractivity contribution in [2.45, 2.75) is 11.4 Å². The zero-order valence-corrected chi connectivity index (χ0v) is 22.9. The summed E-state index contributed by atoms with van der Waals surface area (Å²) >= 11 is 10.3. The van der Waals surface area contributed by atoms with Crippen molar-refractivity contribution >= 4 is 54.6 Å². The molecule has 1 saturated heterocycles. The molecule has 2 aromatic carbocycles. The van der Waals surface area contributed by atoms with E-state index in [1.54, 1.807) is 24.3 Å². The fourth-order valence-electron chi connectivity index (χ4n) is 4.07. The number of sulfone groups is 1. The summed E-state index contributed by atoms with van der Waals surface area (Å²) in [5, 5.41) is 1.22. The fourth-order valence-corrected chi connectivity index (χ4v) is 7.36. The highest BCUT2D eigenvalue weighted by Crippen LogP contribution is 2.40. The summed E-state index contributed by atoms with van der Waals surface area (Å²) in [6.45, 7) is -0.829. The van der Waals surface area contributed by atoms with Crippen LogP contribution in [-0.4, -0.2) is 52.8 Å². The molecular formula is C24H18BrClF2N4O3S2. The molecule has 5 rings (SSSR count). The highest BCUT2D eigenvalue weighted by atomic mass is 79.9. The SMILES string of the molecule is O=C(c1ccc(Br)c(Cl)c1)N1CCS(=O)(=O)C(F)(c2ncc(Cc3ccccc3-n3cc(F)cn3)s2)C1. The van der Waals surface area contributed by atoms with Crippen LogP contribution in [0.4, 0.5) is 8.78 Å². The number of hydrogen-bond donors (Lipinski definition) is 0. The second-order valence-corrected chi connectivity index (χ2v) is 13.1. The summed E-state index contributed by atoms with van der Waals surface area (Å²) in [7, 11) is -4.25. The van der Waals surface area contributed by atoms with Gasteiger partial charge in [0.05, 0.1) is 35.4 Å². The second kappa shape index (κ2) is 9.90. The topological polar surface area (TPSA) is 85.2 Å². The third-order valence-electron chi connectivity index (χ3n) is 6.00. The number of carbonyl (C=O) groups excluding carboxylic acids is 1. The van der Waals surface area contributed by atoms with E-state index < -0.39 is 38.9 Å². The van der Waals surface area contributed by atoms with Crippen molar-refractivity contribution in [3.05, 3.63) is 97.4 Å². The number of rotatable bonds is 5. The minimum absolute atomic E-state index is 0.146. The van der Waals surface area contributed by atoms with Crippen LogP contribution in [0.3, 0.4) is 0 Å². The summed E-state index contributed by atoms with van der Waals surface area (Å²) in [6, 6.07) is 11.8. The predicted molar refractivity (Wildman–Crippen MR) is 140 cm³/mol. The predicted octanol–water partition coefficient (Wildman–Crippen LogP) is 5.17. The molecular weight excluding hydrogens is 610 g/mol. The number of nitrogens with zero attached hydrogens (tertiary/aromatic N) is 4. The quantitative estimate of drug-likeness (QED) is 0.305. The molecule has 2 aromatic heterocycles. The maximum Gasteiger partial charge on any atom is 0.278 e. The Balaban J connectivity index is 1.42. The first-order chi connectivity index (χ1) is 17.6. The number of carbonyl (C=O) groups is 1. The van der Waals surface area contributed by atoms with Gasteiger partial charge in [0.1, 0.15) is 5.01 Å². The Morgan fingerprint density at radius 3 is 2.73 bits per heavy atom. The van der Waals surface area contributed by atoms with Gasteiger partial charge in [0.2, 0.25) is 0 Å². The van der Waals surface area contributed by atoms with E-state index in [0.717, 1.165) is 23.1 Å². The van der Waals surface area contributed by atoms with E-state index in [4.69, 9.17) is 11.6 Å². The number of alkyl halides is 1. The summed E-state index contributed by atoms with van der Waals surface area (Å²) in [5.74, 6) is -1.55. The van der Waals surface area contributed by atoms with Crippen molar-refractivity contribution in [2.24, 2.45) is 0 Å². The van der Waals surface area contributed by atoms with Crippen LogP contribution in [0.2, 0.25) is 5.02 Å². The first-order valence-electron chi connectivity index (χ1n) is 11.0. The number of para-hydroxylation sites is 1. The molecule has 13 heteroatoms. The normalized spacial score (nSPS) is 19.2. The molecule has 1 atom stereocenters. The summed E-state index contributed by atoms with van der Waals surface area (Å²) < 4.78 is 57.6. The third kappa shape index (κ3) is 4.95. The monoisotopic (exact) mass is 626 g/mol. The van der Waals surface area contributed by atoms with Gasteiger partial charge in [-0.3, -0.25) is 4.79 Å². The average Bonchev–Trinajstić information content (AvgIpc) is 3.52. The van der Waals surface area contributed by atoms with Gasteiger partial charge in [-0.1, -0.05) is 29.8 Å². The van der Waals surface area contributed by atoms with Gasteiger partial charge in [0.15, 0.2) is 15.7 Å². The zero-order valence-electron chi connectivity index (χ0n) is 18.9. The van der Waals surface area contributed by atoms with Crippen LogP contribution >= 0.6 is 38.9 Å². The van der Waals surface area contributed by atoms with E-state index in [1.165, 1.54) is 34.1 Å². The van der Waals surface area contributed by atoms with Crippen molar-refractivity contribution in [1.82, 2.24) is 19.7 Å². The van der Waals surface area contributed by atoms with Gasteiger partial charge in [-0.2, -0.15) is 5.10 Å². The van der Waals surface area contributed by atoms with Crippen LogP contribution in [0.25, 0.3) is 5.69 Å². The number of halogens is 4. The molecule has 4 aromatic rings. The number of aromatic nitrogens is 3. The van der Waals surface area contributed by atoms with E-state index in [9.17, 15) is 17.6 Å². The van der Waals surface area contributed by atoms with Crippen LogP contribution in [-0.2, 0) is 21.3 Å². The zero-order chi connectivity index (χ0) is 26.4. The summed E-state index contributed by atoms with van der Waals surface area (Å²) in [5.41, 5.74) is 1.62. The highest BCUT2D eigenvalue weighted by Gasteiger charge is 2.53. The van der Waals surface area contributed by atoms with Crippen molar-refractivity contribution in [1.29, 1.82) is 0 Å². The van der Waals surface area contributed by atoms with E-state index in [-0.39, 0.29) is 17.1 Å². The molecule has 0 spiro atoms. The van der Waals surface area contributed by atoms with Crippen molar-refractivity contribution in [3.8, 4) is 5.69 Å². The maximum atomic E-state index is 16.3. The molecule has 192 valence electrons. The van der Waals surface area contributed by atoms with E-state index in [0.29, 0.717) is 26.5 Å². The highest BCUT2D eigenvalue weighted by molar-refractivity contribution is 9.10. The Morgan fingerprint density at radius 2 is 2.00 bits per heavy atom. The minimum atomic E-state index is -4.25. The fraction of sp³-hybridized carbons (Fsp3) is 0.208. The van der Waals surface area contributed by atoms with Crippen molar-refractivity contribution < 1.29 is 22.0 Å². The van der Waals surface area contributed by atoms with E-state index in [1.807, 2.05) is 6.07 Å². The number of benzene rings is 2. The number of thiazole rings is 1. The van der Waals surface area contributed by atoms with E-state index in [2.05, 4.69) is 26.0 Å². The molecule has 0 saturated carbocycles. The first-order valence-corrected chi connectivity index (χ1v) is 14.6. The van der Waals surface area contributed by atoms with Gasteiger partial charge >= 0.3 is 0 Å². The molecule has 0 aliphatic carbocycles. The molecule has 3 heterocycles. The van der Waals surface area contributed by atoms with Crippen LogP contribution in [0.5, 0.6) is 0 Å². The first kappa shape index (κ1) is 26.0. The van der Waals surface area contributed by atoms with Gasteiger partial charge in [-0.15, -0.1) is 11.3 Å². The molecule has 0 N–H and O–H groups in total. The molecule has 1 aliphatic heterocycles. The lowest BCUT2D eigenvalue weighted by molar-refractivity contribution is 0.0666. The van der Waals surface area contributed by atoms with Crippen LogP contribution in [0.1, 0.15) is 25.8 Å². The maximum absolute atomic E-state index is 16.3. The van der Waals surface area contributed by atoms with Gasteiger partial charge in [-0.25, -0.2) is 26.9 Å². The molecule has 1 amide bonds. The Kier molecular flexibility index (Phi) is 6.94. The lowest BCUT2D eigenvalue weighted by Crippen LogP contribution is -2.53. The number of amides is 1. The average molecular weight is 628 g/mol. The third-order valence-corrected chi connectivity index (χ3v) is 10.5. The molecule has 0 radical (unpaired) electrons. The summed E-state index contributed by atoms with van der Waals surface area (Å²) in [6.07, 6.45) is 4.06. The Bertz CT molecular complexity index is 1610. The molecule has 1 fully saturated rings. The minimum Gasteiger partial charge on any atom is -0.333 e. The lowest BCUT2D eigenvalue weighted by Gasteiger charge is -2.35. The van der Waals surface area contributed by atoms with E-state index >= 15 is 4.39 Å². The van der Waals surface area contributed by atoms with Crippen molar-refractivity contribution in [2.75, 3.05) is 18.8 Å². The van der Waals surface area contributed by atoms with Crippen LogP contribution < -0.4 is 0 Å². The summed E-state index contributed by atoms with van der Waals surface area (Å²) in [4.78, 5) is 18.9. The van der Waals surface area contributed by atoms with Gasteiger partial charge in [0, 0.05) is 34.1 Å². The smallest absolute Gasteiger partial charge is 0.278 e. The largest absolute Gasteiger partial charge is 0.333 e. The van der Waals surface area contributed by atoms with Crippen LogP contribution in [0.15, 0.2) is 65.5 Å². The molecule has 0 bridgehead atoms. The number of hydrogen-bond acceptors (Lipinski definition) is 6. The molecule has 1 unspecified atom stereocenters. The lowest BCUT2D eigenvalue weighted by atomic mass is 10.1.